The van der Waals surface area contributed by atoms with Crippen molar-refractivity contribution in [1.29, 1.82) is 0 Å². The quantitative estimate of drug-likeness (QED) is 0.667. The Kier molecular flexibility index (Phi) is 5.42. The summed E-state index contributed by atoms with van der Waals surface area (Å²) in [6.45, 7) is 4.19. The number of carbonyl (C=O) groups is 1. The van der Waals surface area contributed by atoms with E-state index in [2.05, 4.69) is 22.3 Å². The van der Waals surface area contributed by atoms with E-state index in [-0.39, 0.29) is 5.91 Å². The Labute approximate surface area is 121 Å². The first-order chi connectivity index (χ1) is 9.79. The molecule has 3 nitrogen and oxygen atoms in total. The van der Waals surface area contributed by atoms with Crippen LogP contribution in [0.5, 0.6) is 0 Å². The molecule has 0 unspecified atom stereocenters. The fourth-order valence-electron chi connectivity index (χ4n) is 2.35. The normalized spacial score (nSPS) is 15.9. The van der Waals surface area contributed by atoms with Crippen LogP contribution >= 0.6 is 0 Å². The van der Waals surface area contributed by atoms with Gasteiger partial charge in [0.05, 0.1) is 0 Å². The number of allylic oxidation sites excluding steroid dienone is 3. The summed E-state index contributed by atoms with van der Waals surface area (Å²) < 4.78 is 0. The fourth-order valence-corrected chi connectivity index (χ4v) is 2.35. The van der Waals surface area contributed by atoms with Gasteiger partial charge < -0.3 is 10.2 Å². The molecule has 1 amide bonds. The highest BCUT2D eigenvalue weighted by atomic mass is 16.1. The number of anilines is 2. The summed E-state index contributed by atoms with van der Waals surface area (Å²) in [6, 6.07) is 8.09. The van der Waals surface area contributed by atoms with Gasteiger partial charge in [0.1, 0.15) is 0 Å². The van der Waals surface area contributed by atoms with Crippen LogP contribution in [0.4, 0.5) is 11.4 Å². The van der Waals surface area contributed by atoms with Crippen molar-refractivity contribution in [2.45, 2.75) is 26.2 Å². The number of hydrogen-bond acceptors (Lipinski definition) is 2. The lowest BCUT2D eigenvalue weighted by atomic mass is 10.1. The van der Waals surface area contributed by atoms with Crippen LogP contribution in [0.25, 0.3) is 0 Å². The zero-order valence-corrected chi connectivity index (χ0v) is 12.0. The summed E-state index contributed by atoms with van der Waals surface area (Å²) in [4.78, 5) is 14.0. The molecular formula is C17H22N2O. The van der Waals surface area contributed by atoms with Gasteiger partial charge in [-0.3, -0.25) is 4.79 Å². The minimum Gasteiger partial charge on any atom is -0.372 e. The highest BCUT2D eigenvalue weighted by Crippen LogP contribution is 2.21. The zero-order chi connectivity index (χ0) is 14.2. The number of rotatable bonds is 4. The van der Waals surface area contributed by atoms with Crippen LogP contribution in [-0.2, 0) is 4.79 Å². The number of hydrogen-bond donors (Lipinski definition) is 1. The predicted octanol–water partition coefficient (Wildman–Crippen LogP) is 3.75. The Hall–Kier alpha value is -2.03. The molecule has 3 heteroatoms. The first kappa shape index (κ1) is 14.4. The van der Waals surface area contributed by atoms with E-state index in [1.807, 2.05) is 31.2 Å². The molecule has 1 saturated heterocycles. The van der Waals surface area contributed by atoms with Gasteiger partial charge in [0, 0.05) is 30.5 Å². The van der Waals surface area contributed by atoms with Gasteiger partial charge in [-0.25, -0.2) is 0 Å². The molecule has 1 fully saturated rings. The predicted molar refractivity (Wildman–Crippen MR) is 85.1 cm³/mol. The number of nitrogens with zero attached hydrogens (tertiary/aromatic N) is 1. The van der Waals surface area contributed by atoms with E-state index >= 15 is 0 Å². The average Bonchev–Trinajstić information content (AvgIpc) is 2.49. The molecule has 1 aliphatic heterocycles. The fraction of sp³-hybridized carbons (Fsp3) is 0.353. The van der Waals surface area contributed by atoms with E-state index in [9.17, 15) is 4.79 Å². The summed E-state index contributed by atoms with van der Waals surface area (Å²) in [7, 11) is 0. The number of piperidine rings is 1. The van der Waals surface area contributed by atoms with Crippen molar-refractivity contribution < 1.29 is 4.79 Å². The van der Waals surface area contributed by atoms with Gasteiger partial charge in [-0.15, -0.1) is 0 Å². The van der Waals surface area contributed by atoms with Crippen molar-refractivity contribution in [3.8, 4) is 0 Å². The first-order valence-corrected chi connectivity index (χ1v) is 7.25. The molecule has 0 atom stereocenters. The van der Waals surface area contributed by atoms with E-state index in [0.29, 0.717) is 0 Å². The van der Waals surface area contributed by atoms with Gasteiger partial charge in [-0.1, -0.05) is 18.2 Å². The minimum atomic E-state index is -0.103. The SMILES string of the molecule is CC=CC=CC(=O)Nc1ccc(N2CCCCC2)cc1. The third-order valence-corrected chi connectivity index (χ3v) is 3.41. The van der Waals surface area contributed by atoms with E-state index in [1.54, 1.807) is 6.08 Å². The summed E-state index contributed by atoms with van der Waals surface area (Å²) >= 11 is 0. The molecule has 0 aliphatic carbocycles. The van der Waals surface area contributed by atoms with Gasteiger partial charge in [0.25, 0.3) is 0 Å². The maximum absolute atomic E-state index is 11.6. The molecule has 0 bridgehead atoms. The number of carbonyl (C=O) groups excluding carboxylic acids is 1. The lowest BCUT2D eigenvalue weighted by Gasteiger charge is -2.28. The zero-order valence-electron chi connectivity index (χ0n) is 12.0. The van der Waals surface area contributed by atoms with Crippen molar-refractivity contribution >= 4 is 17.3 Å². The van der Waals surface area contributed by atoms with E-state index < -0.39 is 0 Å². The van der Waals surface area contributed by atoms with Crippen molar-refractivity contribution in [1.82, 2.24) is 0 Å². The molecule has 1 aromatic rings. The highest BCUT2D eigenvalue weighted by molar-refractivity contribution is 5.99. The lowest BCUT2D eigenvalue weighted by molar-refractivity contribution is -0.111. The smallest absolute Gasteiger partial charge is 0.248 e. The number of benzene rings is 1. The van der Waals surface area contributed by atoms with Crippen LogP contribution in [0.1, 0.15) is 26.2 Å². The molecule has 1 aliphatic rings. The topological polar surface area (TPSA) is 32.3 Å². The third kappa shape index (κ3) is 4.26. The van der Waals surface area contributed by atoms with Crippen LogP contribution in [0.2, 0.25) is 0 Å². The number of amides is 1. The van der Waals surface area contributed by atoms with E-state index in [4.69, 9.17) is 0 Å². The van der Waals surface area contributed by atoms with Gasteiger partial charge in [0.2, 0.25) is 5.91 Å². The number of nitrogens with one attached hydrogen (secondary N) is 1. The van der Waals surface area contributed by atoms with Gasteiger partial charge in [-0.2, -0.15) is 0 Å². The maximum atomic E-state index is 11.6. The average molecular weight is 270 g/mol. The summed E-state index contributed by atoms with van der Waals surface area (Å²) in [5.41, 5.74) is 2.08. The molecule has 0 spiro atoms. The maximum Gasteiger partial charge on any atom is 0.248 e. The van der Waals surface area contributed by atoms with Crippen molar-refractivity contribution in [2.24, 2.45) is 0 Å². The van der Waals surface area contributed by atoms with Gasteiger partial charge in [0.15, 0.2) is 0 Å². The Morgan fingerprint density at radius 3 is 2.45 bits per heavy atom. The Morgan fingerprint density at radius 2 is 1.80 bits per heavy atom. The van der Waals surface area contributed by atoms with Crippen LogP contribution in [0.15, 0.2) is 48.6 Å². The Balaban J connectivity index is 1.92. The van der Waals surface area contributed by atoms with Crippen LogP contribution in [0, 0.1) is 0 Å². The Morgan fingerprint density at radius 1 is 1.10 bits per heavy atom. The summed E-state index contributed by atoms with van der Waals surface area (Å²) in [6.07, 6.45) is 10.9. The highest BCUT2D eigenvalue weighted by Gasteiger charge is 2.10. The van der Waals surface area contributed by atoms with Crippen molar-refractivity contribution in [3.05, 3.63) is 48.6 Å². The van der Waals surface area contributed by atoms with Crippen LogP contribution in [0.3, 0.4) is 0 Å². The van der Waals surface area contributed by atoms with Crippen LogP contribution < -0.4 is 10.2 Å². The second-order valence-corrected chi connectivity index (χ2v) is 4.97. The second kappa shape index (κ2) is 7.53. The molecule has 0 aromatic heterocycles. The van der Waals surface area contributed by atoms with E-state index in [1.165, 1.54) is 31.0 Å². The molecule has 20 heavy (non-hydrogen) atoms. The molecule has 106 valence electrons. The third-order valence-electron chi connectivity index (χ3n) is 3.41. The molecular weight excluding hydrogens is 248 g/mol. The molecule has 2 rings (SSSR count). The molecule has 1 aromatic carbocycles. The van der Waals surface area contributed by atoms with Crippen molar-refractivity contribution in [3.63, 3.8) is 0 Å². The first-order valence-electron chi connectivity index (χ1n) is 7.25. The molecule has 1 heterocycles. The Bertz CT molecular complexity index is 482. The van der Waals surface area contributed by atoms with Crippen LogP contribution in [-0.4, -0.2) is 19.0 Å². The standard InChI is InChI=1S/C17H22N2O/c1-2-3-5-8-17(20)18-15-9-11-16(12-10-15)19-13-6-4-7-14-19/h2-3,5,8-12H,4,6-7,13-14H2,1H3,(H,18,20). The summed E-state index contributed by atoms with van der Waals surface area (Å²) in [5.74, 6) is -0.103. The van der Waals surface area contributed by atoms with E-state index in [0.717, 1.165) is 18.8 Å². The largest absolute Gasteiger partial charge is 0.372 e. The minimum absolute atomic E-state index is 0.103. The monoisotopic (exact) mass is 270 g/mol. The summed E-state index contributed by atoms with van der Waals surface area (Å²) in [5, 5.41) is 2.85. The lowest BCUT2D eigenvalue weighted by Crippen LogP contribution is -2.29. The molecule has 1 N–H and O–H groups in total. The van der Waals surface area contributed by atoms with Crippen molar-refractivity contribution in [2.75, 3.05) is 23.3 Å². The molecule has 0 saturated carbocycles. The molecule has 0 radical (unpaired) electrons. The van der Waals surface area contributed by atoms with Gasteiger partial charge >= 0.3 is 0 Å². The van der Waals surface area contributed by atoms with Gasteiger partial charge in [-0.05, 0) is 50.5 Å². The second-order valence-electron chi connectivity index (χ2n) is 4.97.